The van der Waals surface area contributed by atoms with Gasteiger partial charge in [0.1, 0.15) is 11.4 Å². The number of benzene rings is 1. The minimum Gasteiger partial charge on any atom is -0.336 e. The van der Waals surface area contributed by atoms with Gasteiger partial charge in [-0.2, -0.15) is 0 Å². The summed E-state index contributed by atoms with van der Waals surface area (Å²) in [5, 5.41) is 11.1. The number of piperazine rings is 1. The van der Waals surface area contributed by atoms with E-state index in [2.05, 4.69) is 14.5 Å². The third-order valence-corrected chi connectivity index (χ3v) is 4.57. The number of nitro benzene ring substituents is 1. The first-order valence-electron chi connectivity index (χ1n) is 8.29. The molecule has 1 aromatic carbocycles. The van der Waals surface area contributed by atoms with Crippen LogP contribution in [0, 0.1) is 17.0 Å². The van der Waals surface area contributed by atoms with E-state index in [4.69, 9.17) is 0 Å². The summed E-state index contributed by atoms with van der Waals surface area (Å²) in [6, 6.07) is 6.13. The van der Waals surface area contributed by atoms with Gasteiger partial charge in [0.25, 0.3) is 11.6 Å². The normalized spacial score (nSPS) is 15.3. The first kappa shape index (κ1) is 17.1. The average molecular weight is 343 g/mol. The van der Waals surface area contributed by atoms with Crippen LogP contribution in [0.5, 0.6) is 0 Å². The van der Waals surface area contributed by atoms with Crippen molar-refractivity contribution in [2.24, 2.45) is 0 Å². The maximum atomic E-state index is 12.6. The molecule has 0 saturated carbocycles. The van der Waals surface area contributed by atoms with E-state index in [0.29, 0.717) is 13.1 Å². The lowest BCUT2D eigenvalue weighted by Gasteiger charge is -2.34. The van der Waals surface area contributed by atoms with Crippen LogP contribution in [0.15, 0.2) is 36.7 Å². The predicted molar refractivity (Wildman–Crippen MR) is 92.4 cm³/mol. The van der Waals surface area contributed by atoms with Gasteiger partial charge in [-0.25, -0.2) is 4.98 Å². The Balaban J connectivity index is 1.56. The van der Waals surface area contributed by atoms with Crippen LogP contribution >= 0.6 is 0 Å². The number of carbonyl (C=O) groups is 1. The highest BCUT2D eigenvalue weighted by Gasteiger charge is 2.26. The van der Waals surface area contributed by atoms with Crippen LogP contribution in [0.3, 0.4) is 0 Å². The van der Waals surface area contributed by atoms with E-state index in [0.717, 1.165) is 32.0 Å². The molecule has 0 N–H and O–H groups in total. The van der Waals surface area contributed by atoms with Crippen molar-refractivity contribution >= 4 is 11.6 Å². The first-order valence-corrected chi connectivity index (χ1v) is 8.29. The standard InChI is InChI=1S/C17H21N5O3/c1-14-18-6-7-20(14)11-8-19-9-12-21(13-10-19)17(23)15-4-2-3-5-16(15)22(24)25/h2-7H,8-13H2,1H3. The molecule has 1 amide bonds. The molecule has 1 saturated heterocycles. The number of aromatic nitrogens is 2. The van der Waals surface area contributed by atoms with Crippen molar-refractivity contribution in [3.63, 3.8) is 0 Å². The maximum Gasteiger partial charge on any atom is 0.282 e. The zero-order valence-corrected chi connectivity index (χ0v) is 14.2. The molecule has 25 heavy (non-hydrogen) atoms. The maximum absolute atomic E-state index is 12.6. The van der Waals surface area contributed by atoms with Crippen molar-refractivity contribution < 1.29 is 9.72 Å². The molecule has 8 heteroatoms. The minimum absolute atomic E-state index is 0.134. The van der Waals surface area contributed by atoms with Gasteiger partial charge in [0.05, 0.1) is 4.92 Å². The van der Waals surface area contributed by atoms with Gasteiger partial charge in [-0.05, 0) is 13.0 Å². The van der Waals surface area contributed by atoms with Crippen LogP contribution in [0.4, 0.5) is 5.69 Å². The monoisotopic (exact) mass is 343 g/mol. The Labute approximate surface area is 145 Å². The molecule has 1 aliphatic rings. The zero-order chi connectivity index (χ0) is 17.8. The van der Waals surface area contributed by atoms with Gasteiger partial charge >= 0.3 is 0 Å². The van der Waals surface area contributed by atoms with E-state index >= 15 is 0 Å². The minimum atomic E-state index is -0.503. The zero-order valence-electron chi connectivity index (χ0n) is 14.2. The summed E-state index contributed by atoms with van der Waals surface area (Å²) in [5.41, 5.74) is 0.0282. The van der Waals surface area contributed by atoms with Gasteiger partial charge < -0.3 is 9.47 Å². The Morgan fingerprint density at radius 1 is 1.20 bits per heavy atom. The van der Waals surface area contributed by atoms with Gasteiger partial charge in [-0.15, -0.1) is 0 Å². The average Bonchev–Trinajstić information content (AvgIpc) is 3.04. The molecule has 1 fully saturated rings. The fourth-order valence-electron chi connectivity index (χ4n) is 3.05. The third-order valence-electron chi connectivity index (χ3n) is 4.57. The van der Waals surface area contributed by atoms with E-state index < -0.39 is 4.92 Å². The van der Waals surface area contributed by atoms with Crippen molar-refractivity contribution in [2.75, 3.05) is 32.7 Å². The van der Waals surface area contributed by atoms with Crippen LogP contribution in [0.2, 0.25) is 0 Å². The van der Waals surface area contributed by atoms with E-state index in [1.807, 2.05) is 13.1 Å². The molecule has 132 valence electrons. The SMILES string of the molecule is Cc1nccn1CCN1CCN(C(=O)c2ccccc2[N+](=O)[O-])CC1. The number of para-hydroxylation sites is 1. The number of amides is 1. The predicted octanol–water partition coefficient (Wildman–Crippen LogP) is 1.56. The lowest BCUT2D eigenvalue weighted by atomic mass is 10.1. The second-order valence-corrected chi connectivity index (χ2v) is 6.08. The summed E-state index contributed by atoms with van der Waals surface area (Å²) >= 11 is 0. The Bertz CT molecular complexity index is 765. The molecule has 0 bridgehead atoms. The Kier molecular flexibility index (Phi) is 5.08. The topological polar surface area (TPSA) is 84.5 Å². The van der Waals surface area contributed by atoms with Crippen LogP contribution in [0.25, 0.3) is 0 Å². The molecule has 8 nitrogen and oxygen atoms in total. The summed E-state index contributed by atoms with van der Waals surface area (Å²) in [6.07, 6.45) is 3.75. The summed E-state index contributed by atoms with van der Waals surface area (Å²) in [5.74, 6) is 0.725. The van der Waals surface area contributed by atoms with Gasteiger partial charge in [-0.1, -0.05) is 12.1 Å². The van der Waals surface area contributed by atoms with Crippen molar-refractivity contribution in [3.05, 3.63) is 58.2 Å². The number of nitrogens with zero attached hydrogens (tertiary/aromatic N) is 5. The molecular weight excluding hydrogens is 322 g/mol. The molecule has 0 unspecified atom stereocenters. The van der Waals surface area contributed by atoms with Gasteiger partial charge in [0.15, 0.2) is 0 Å². The van der Waals surface area contributed by atoms with Gasteiger partial charge in [0.2, 0.25) is 0 Å². The molecule has 0 spiro atoms. The smallest absolute Gasteiger partial charge is 0.282 e. The summed E-state index contributed by atoms with van der Waals surface area (Å²) in [7, 11) is 0. The molecule has 2 aromatic rings. The number of imidazole rings is 1. The third kappa shape index (κ3) is 3.85. The van der Waals surface area contributed by atoms with Crippen molar-refractivity contribution in [2.45, 2.75) is 13.5 Å². The highest BCUT2D eigenvalue weighted by atomic mass is 16.6. The molecule has 0 aliphatic carbocycles. The molecule has 0 atom stereocenters. The lowest BCUT2D eigenvalue weighted by molar-refractivity contribution is -0.385. The van der Waals surface area contributed by atoms with Crippen LogP contribution in [0.1, 0.15) is 16.2 Å². The fourth-order valence-corrected chi connectivity index (χ4v) is 3.05. The van der Waals surface area contributed by atoms with Crippen molar-refractivity contribution in [1.29, 1.82) is 0 Å². The van der Waals surface area contributed by atoms with E-state index in [1.54, 1.807) is 23.2 Å². The Morgan fingerprint density at radius 3 is 2.56 bits per heavy atom. The quantitative estimate of drug-likeness (QED) is 0.607. The van der Waals surface area contributed by atoms with Crippen molar-refractivity contribution in [1.82, 2.24) is 19.4 Å². The summed E-state index contributed by atoms with van der Waals surface area (Å²) < 4.78 is 2.10. The number of hydrogen-bond donors (Lipinski definition) is 0. The molecule has 1 aromatic heterocycles. The first-order chi connectivity index (χ1) is 12.1. The second-order valence-electron chi connectivity index (χ2n) is 6.08. The molecule has 3 rings (SSSR count). The molecule has 2 heterocycles. The van der Waals surface area contributed by atoms with Crippen LogP contribution < -0.4 is 0 Å². The van der Waals surface area contributed by atoms with Crippen LogP contribution in [-0.2, 0) is 6.54 Å². The van der Waals surface area contributed by atoms with E-state index in [-0.39, 0.29) is 17.2 Å². The van der Waals surface area contributed by atoms with Gasteiger partial charge in [0, 0.05) is 57.7 Å². The van der Waals surface area contributed by atoms with Gasteiger partial charge in [-0.3, -0.25) is 19.8 Å². The molecular formula is C17H21N5O3. The molecule has 1 aliphatic heterocycles. The Morgan fingerprint density at radius 2 is 1.92 bits per heavy atom. The Hall–Kier alpha value is -2.74. The lowest BCUT2D eigenvalue weighted by Crippen LogP contribution is -2.49. The largest absolute Gasteiger partial charge is 0.336 e. The van der Waals surface area contributed by atoms with Crippen LogP contribution in [-0.4, -0.2) is 62.9 Å². The van der Waals surface area contributed by atoms with E-state index in [1.165, 1.54) is 12.1 Å². The highest BCUT2D eigenvalue weighted by Crippen LogP contribution is 2.20. The fraction of sp³-hybridized carbons (Fsp3) is 0.412. The number of hydrogen-bond acceptors (Lipinski definition) is 5. The number of aryl methyl sites for hydroxylation is 1. The number of carbonyl (C=O) groups excluding carboxylic acids is 1. The number of rotatable bonds is 5. The number of nitro groups is 1. The highest BCUT2D eigenvalue weighted by molar-refractivity contribution is 5.98. The van der Waals surface area contributed by atoms with E-state index in [9.17, 15) is 14.9 Å². The van der Waals surface area contributed by atoms with Crippen molar-refractivity contribution in [3.8, 4) is 0 Å². The summed E-state index contributed by atoms with van der Waals surface area (Å²) in [4.78, 5) is 31.4. The molecule has 0 radical (unpaired) electrons. The second kappa shape index (κ2) is 7.43. The summed E-state index contributed by atoms with van der Waals surface area (Å²) in [6.45, 7) is 6.42.